The second-order valence-electron chi connectivity index (χ2n) is 7.02. The van der Waals surface area contributed by atoms with Crippen molar-refractivity contribution in [2.75, 3.05) is 0 Å². The van der Waals surface area contributed by atoms with Crippen LogP contribution in [0.3, 0.4) is 0 Å². The summed E-state index contributed by atoms with van der Waals surface area (Å²) in [4.78, 5) is 0. The average molecular weight is 309 g/mol. The first-order valence-corrected chi connectivity index (χ1v) is 8.58. The zero-order valence-electron chi connectivity index (χ0n) is 14.6. The quantitative estimate of drug-likeness (QED) is 0.850. The van der Waals surface area contributed by atoms with E-state index in [1.807, 2.05) is 0 Å². The summed E-state index contributed by atoms with van der Waals surface area (Å²) in [5.74, 6) is 1.06. The summed E-state index contributed by atoms with van der Waals surface area (Å²) in [5.41, 5.74) is 5.15. The Labute approximate surface area is 139 Å². The number of benzene rings is 2. The molecule has 1 heterocycles. The van der Waals surface area contributed by atoms with Crippen molar-refractivity contribution in [3.63, 3.8) is 0 Å². The molecular weight excluding hydrogens is 282 g/mol. The van der Waals surface area contributed by atoms with Gasteiger partial charge in [-0.2, -0.15) is 0 Å². The number of hydrogen-bond acceptors (Lipinski definition) is 2. The van der Waals surface area contributed by atoms with Gasteiger partial charge in [0.05, 0.1) is 0 Å². The minimum absolute atomic E-state index is 0.0956. The third-order valence-electron chi connectivity index (χ3n) is 4.98. The van der Waals surface area contributed by atoms with Crippen LogP contribution < -0.4 is 10.1 Å². The van der Waals surface area contributed by atoms with Gasteiger partial charge in [0.2, 0.25) is 0 Å². The predicted octanol–water partition coefficient (Wildman–Crippen LogP) is 5.09. The van der Waals surface area contributed by atoms with Crippen LogP contribution in [0, 0.1) is 13.8 Å². The second-order valence-corrected chi connectivity index (χ2v) is 7.02. The van der Waals surface area contributed by atoms with Crippen LogP contribution >= 0.6 is 0 Å². The third kappa shape index (κ3) is 3.42. The molecule has 0 saturated heterocycles. The van der Waals surface area contributed by atoms with Crippen LogP contribution in [0.15, 0.2) is 42.5 Å². The highest BCUT2D eigenvalue weighted by Crippen LogP contribution is 2.43. The van der Waals surface area contributed by atoms with Gasteiger partial charge >= 0.3 is 0 Å². The van der Waals surface area contributed by atoms with Gasteiger partial charge in [0.1, 0.15) is 11.4 Å². The molecule has 0 radical (unpaired) electrons. The van der Waals surface area contributed by atoms with Crippen LogP contribution in [0.5, 0.6) is 5.75 Å². The Morgan fingerprint density at radius 1 is 1.17 bits per heavy atom. The molecule has 1 aliphatic heterocycles. The molecule has 3 rings (SSSR count). The number of hydrogen-bond donors (Lipinski definition) is 1. The average Bonchev–Trinajstić information content (AvgIpc) is 2.52. The Kier molecular flexibility index (Phi) is 4.45. The molecule has 2 unspecified atom stereocenters. The summed E-state index contributed by atoms with van der Waals surface area (Å²) in [6.07, 6.45) is 2.02. The van der Waals surface area contributed by atoms with Gasteiger partial charge in [0.15, 0.2) is 0 Å². The third-order valence-corrected chi connectivity index (χ3v) is 4.98. The first-order chi connectivity index (χ1) is 11.0. The minimum Gasteiger partial charge on any atom is -0.487 e. The van der Waals surface area contributed by atoms with Crippen LogP contribution in [0.1, 0.15) is 55.0 Å². The molecule has 1 N–H and O–H groups in total. The fourth-order valence-electron chi connectivity index (χ4n) is 3.54. The molecule has 0 aromatic heterocycles. The lowest BCUT2D eigenvalue weighted by molar-refractivity contribution is 0.0436. The zero-order valence-corrected chi connectivity index (χ0v) is 14.6. The standard InChI is InChI=1S/C21H27NO/c1-5-21(4)13-18(22-14-17-9-7-6-8-10-17)20-16(3)11-15(2)12-19(20)23-21/h6-12,18,22H,5,13-14H2,1-4H3. The van der Waals surface area contributed by atoms with Gasteiger partial charge in [0.25, 0.3) is 0 Å². The molecule has 2 aromatic rings. The molecule has 2 atom stereocenters. The monoisotopic (exact) mass is 309 g/mol. The van der Waals surface area contributed by atoms with Crippen molar-refractivity contribution < 1.29 is 4.74 Å². The van der Waals surface area contributed by atoms with E-state index in [0.717, 1.165) is 25.1 Å². The molecule has 2 heteroatoms. The molecule has 0 fully saturated rings. The van der Waals surface area contributed by atoms with Gasteiger partial charge in [-0.05, 0) is 49.9 Å². The van der Waals surface area contributed by atoms with E-state index in [2.05, 4.69) is 75.5 Å². The van der Waals surface area contributed by atoms with E-state index in [0.29, 0.717) is 6.04 Å². The Bertz CT molecular complexity index is 680. The molecule has 0 aliphatic carbocycles. The Morgan fingerprint density at radius 2 is 1.91 bits per heavy atom. The largest absolute Gasteiger partial charge is 0.487 e. The van der Waals surface area contributed by atoms with Gasteiger partial charge in [0, 0.05) is 24.6 Å². The van der Waals surface area contributed by atoms with Crippen LogP contribution in [0.25, 0.3) is 0 Å². The van der Waals surface area contributed by atoms with E-state index in [9.17, 15) is 0 Å². The van der Waals surface area contributed by atoms with Crippen molar-refractivity contribution in [1.29, 1.82) is 0 Å². The minimum atomic E-state index is -0.0956. The number of fused-ring (bicyclic) bond motifs is 1. The fraction of sp³-hybridized carbons (Fsp3) is 0.429. The van der Waals surface area contributed by atoms with Crippen LogP contribution in [0.4, 0.5) is 0 Å². The highest BCUT2D eigenvalue weighted by atomic mass is 16.5. The molecule has 0 spiro atoms. The highest BCUT2D eigenvalue weighted by molar-refractivity contribution is 5.47. The van der Waals surface area contributed by atoms with Crippen molar-refractivity contribution in [2.24, 2.45) is 0 Å². The van der Waals surface area contributed by atoms with Crippen LogP contribution in [0.2, 0.25) is 0 Å². The highest BCUT2D eigenvalue weighted by Gasteiger charge is 2.36. The lowest BCUT2D eigenvalue weighted by Crippen LogP contribution is -2.41. The summed E-state index contributed by atoms with van der Waals surface area (Å²) < 4.78 is 6.37. The fourth-order valence-corrected chi connectivity index (χ4v) is 3.54. The van der Waals surface area contributed by atoms with Gasteiger partial charge < -0.3 is 10.1 Å². The van der Waals surface area contributed by atoms with E-state index in [4.69, 9.17) is 4.74 Å². The Hall–Kier alpha value is -1.80. The van der Waals surface area contributed by atoms with Crippen LogP contribution in [-0.4, -0.2) is 5.60 Å². The van der Waals surface area contributed by atoms with E-state index in [1.165, 1.54) is 22.3 Å². The molecule has 0 saturated carbocycles. The smallest absolute Gasteiger partial charge is 0.125 e. The number of aryl methyl sites for hydroxylation is 2. The maximum Gasteiger partial charge on any atom is 0.125 e. The summed E-state index contributed by atoms with van der Waals surface area (Å²) in [6.45, 7) is 9.66. The van der Waals surface area contributed by atoms with Crippen molar-refractivity contribution in [2.45, 2.75) is 58.7 Å². The van der Waals surface area contributed by atoms with Crippen LogP contribution in [-0.2, 0) is 6.54 Å². The lowest BCUT2D eigenvalue weighted by Gasteiger charge is -2.41. The maximum atomic E-state index is 6.37. The molecule has 1 aliphatic rings. The van der Waals surface area contributed by atoms with Crippen molar-refractivity contribution in [3.05, 3.63) is 64.7 Å². The van der Waals surface area contributed by atoms with Gasteiger partial charge in [-0.15, -0.1) is 0 Å². The maximum absolute atomic E-state index is 6.37. The summed E-state index contributed by atoms with van der Waals surface area (Å²) >= 11 is 0. The number of rotatable bonds is 4. The molecule has 0 amide bonds. The normalized spacial score (nSPS) is 23.2. The molecule has 23 heavy (non-hydrogen) atoms. The van der Waals surface area contributed by atoms with Crippen molar-refractivity contribution >= 4 is 0 Å². The number of nitrogens with one attached hydrogen (secondary N) is 1. The Morgan fingerprint density at radius 3 is 2.61 bits per heavy atom. The van der Waals surface area contributed by atoms with Crippen molar-refractivity contribution in [3.8, 4) is 5.75 Å². The van der Waals surface area contributed by atoms with Gasteiger partial charge in [-0.3, -0.25) is 0 Å². The van der Waals surface area contributed by atoms with E-state index in [-0.39, 0.29) is 5.60 Å². The Balaban J connectivity index is 1.90. The second kappa shape index (κ2) is 6.37. The topological polar surface area (TPSA) is 21.3 Å². The van der Waals surface area contributed by atoms with Crippen molar-refractivity contribution in [1.82, 2.24) is 5.32 Å². The first kappa shape index (κ1) is 16.1. The number of ether oxygens (including phenoxy) is 1. The summed E-state index contributed by atoms with van der Waals surface area (Å²) in [5, 5.41) is 3.76. The van der Waals surface area contributed by atoms with E-state index < -0.39 is 0 Å². The summed E-state index contributed by atoms with van der Waals surface area (Å²) in [6, 6.07) is 15.4. The molecule has 122 valence electrons. The predicted molar refractivity (Wildman–Crippen MR) is 95.9 cm³/mol. The molecule has 0 bridgehead atoms. The van der Waals surface area contributed by atoms with Gasteiger partial charge in [-0.25, -0.2) is 0 Å². The SMILES string of the molecule is CCC1(C)CC(NCc2ccccc2)c2c(C)cc(C)cc2O1. The zero-order chi connectivity index (χ0) is 16.4. The molecular formula is C21H27NO. The van der Waals surface area contributed by atoms with E-state index in [1.54, 1.807) is 0 Å². The van der Waals surface area contributed by atoms with Gasteiger partial charge in [-0.1, -0.05) is 43.3 Å². The summed E-state index contributed by atoms with van der Waals surface area (Å²) in [7, 11) is 0. The molecule has 2 nitrogen and oxygen atoms in total. The first-order valence-electron chi connectivity index (χ1n) is 8.58. The molecule has 2 aromatic carbocycles. The van der Waals surface area contributed by atoms with E-state index >= 15 is 0 Å². The lowest BCUT2D eigenvalue weighted by atomic mass is 9.84.